The van der Waals surface area contributed by atoms with Crippen molar-refractivity contribution in [3.63, 3.8) is 0 Å². The molecule has 1 heterocycles. The summed E-state index contributed by atoms with van der Waals surface area (Å²) in [4.78, 5) is 16.6. The zero-order valence-corrected chi connectivity index (χ0v) is 14.3. The van der Waals surface area contributed by atoms with Crippen LogP contribution in [0.25, 0.3) is 0 Å². The van der Waals surface area contributed by atoms with Crippen molar-refractivity contribution < 1.29 is 9.90 Å². The molecular formula is C18H22N2O2S. The molecule has 1 unspecified atom stereocenters. The van der Waals surface area contributed by atoms with E-state index in [0.717, 1.165) is 22.4 Å². The number of carbonyl (C=O) groups is 1. The number of hydrogen-bond acceptors (Lipinski definition) is 4. The minimum Gasteiger partial charge on any atom is -0.396 e. The van der Waals surface area contributed by atoms with Crippen molar-refractivity contribution in [3.8, 4) is 0 Å². The van der Waals surface area contributed by atoms with Gasteiger partial charge in [0.15, 0.2) is 0 Å². The molecule has 2 N–H and O–H groups in total. The van der Waals surface area contributed by atoms with Gasteiger partial charge in [0.2, 0.25) is 5.91 Å². The minimum atomic E-state index is -0.232. The first kappa shape index (κ1) is 17.5. The molecule has 2 rings (SSSR count). The largest absolute Gasteiger partial charge is 0.396 e. The van der Waals surface area contributed by atoms with E-state index in [-0.39, 0.29) is 18.4 Å². The summed E-state index contributed by atoms with van der Waals surface area (Å²) < 4.78 is 0. The number of rotatable bonds is 7. The van der Waals surface area contributed by atoms with Crippen molar-refractivity contribution >= 4 is 23.5 Å². The Morgan fingerprint density at radius 3 is 2.91 bits per heavy atom. The molecule has 0 aliphatic heterocycles. The summed E-state index contributed by atoms with van der Waals surface area (Å²) in [5.74, 6) is 1.76. The van der Waals surface area contributed by atoms with Crippen LogP contribution in [0.1, 0.15) is 29.5 Å². The standard InChI is InChI=1S/C18H22N2O2S/c1-13-4-3-5-16(10-13)14(2)18(22)20-17-11-15(6-7-19-17)12-23-9-8-21/h3-7,10-11,14,21H,8-9,12H2,1-2H3,(H,19,20,22). The lowest BCUT2D eigenvalue weighted by atomic mass is 9.98. The number of aromatic nitrogens is 1. The van der Waals surface area contributed by atoms with Crippen LogP contribution in [0.4, 0.5) is 5.82 Å². The van der Waals surface area contributed by atoms with Crippen LogP contribution >= 0.6 is 11.8 Å². The van der Waals surface area contributed by atoms with Gasteiger partial charge in [-0.3, -0.25) is 4.79 Å². The first-order chi connectivity index (χ1) is 11.1. The highest BCUT2D eigenvalue weighted by molar-refractivity contribution is 7.98. The molecule has 0 spiro atoms. The van der Waals surface area contributed by atoms with Crippen LogP contribution in [0, 0.1) is 6.92 Å². The van der Waals surface area contributed by atoms with E-state index in [2.05, 4.69) is 10.3 Å². The van der Waals surface area contributed by atoms with E-state index < -0.39 is 0 Å². The van der Waals surface area contributed by atoms with Gasteiger partial charge in [0.1, 0.15) is 5.82 Å². The monoisotopic (exact) mass is 330 g/mol. The van der Waals surface area contributed by atoms with E-state index in [1.54, 1.807) is 18.0 Å². The number of amides is 1. The summed E-state index contributed by atoms with van der Waals surface area (Å²) in [6.45, 7) is 4.08. The van der Waals surface area contributed by atoms with Crippen LogP contribution < -0.4 is 5.32 Å². The number of hydrogen-bond donors (Lipinski definition) is 2. The minimum absolute atomic E-state index is 0.0664. The molecule has 2 aromatic rings. The van der Waals surface area contributed by atoms with Crippen LogP contribution in [-0.4, -0.2) is 28.4 Å². The summed E-state index contributed by atoms with van der Waals surface area (Å²) in [5.41, 5.74) is 3.22. The molecule has 0 saturated carbocycles. The maximum Gasteiger partial charge on any atom is 0.232 e. The summed E-state index contributed by atoms with van der Waals surface area (Å²) in [5, 5.41) is 11.7. The SMILES string of the molecule is Cc1cccc(C(C)C(=O)Nc2cc(CSCCO)ccn2)c1. The third kappa shape index (κ3) is 5.37. The number of aryl methyl sites for hydroxylation is 1. The molecule has 1 atom stereocenters. The zero-order chi connectivity index (χ0) is 16.7. The molecule has 122 valence electrons. The Morgan fingerprint density at radius 2 is 2.17 bits per heavy atom. The van der Waals surface area contributed by atoms with Gasteiger partial charge in [0.25, 0.3) is 0 Å². The average Bonchev–Trinajstić information content (AvgIpc) is 2.55. The quantitative estimate of drug-likeness (QED) is 0.764. The van der Waals surface area contributed by atoms with Gasteiger partial charge in [0.05, 0.1) is 12.5 Å². The number of carbonyl (C=O) groups excluding carboxylic acids is 1. The van der Waals surface area contributed by atoms with Crippen LogP contribution in [0.2, 0.25) is 0 Å². The predicted molar refractivity (Wildman–Crippen MR) is 95.7 cm³/mol. The smallest absolute Gasteiger partial charge is 0.232 e. The van der Waals surface area contributed by atoms with Gasteiger partial charge in [-0.2, -0.15) is 11.8 Å². The molecule has 1 aromatic carbocycles. The second kappa shape index (κ2) is 8.70. The predicted octanol–water partition coefficient (Wildman–Crippen LogP) is 3.36. The average molecular weight is 330 g/mol. The third-order valence-corrected chi connectivity index (χ3v) is 4.52. The molecule has 0 aliphatic rings. The number of nitrogens with one attached hydrogen (secondary N) is 1. The Labute approximate surface area is 141 Å². The summed E-state index contributed by atoms with van der Waals surface area (Å²) >= 11 is 1.65. The van der Waals surface area contributed by atoms with Gasteiger partial charge in [-0.25, -0.2) is 4.98 Å². The second-order valence-corrected chi connectivity index (χ2v) is 6.56. The van der Waals surface area contributed by atoms with Crippen LogP contribution in [0.15, 0.2) is 42.6 Å². The third-order valence-electron chi connectivity index (χ3n) is 3.52. The summed E-state index contributed by atoms with van der Waals surface area (Å²) in [6.07, 6.45) is 1.70. The Morgan fingerprint density at radius 1 is 1.35 bits per heavy atom. The Kier molecular flexibility index (Phi) is 6.62. The maximum absolute atomic E-state index is 12.4. The number of aliphatic hydroxyl groups is 1. The number of nitrogens with zero attached hydrogens (tertiary/aromatic N) is 1. The molecule has 0 saturated heterocycles. The molecule has 1 amide bonds. The van der Waals surface area contributed by atoms with E-state index in [1.165, 1.54) is 0 Å². The first-order valence-corrected chi connectivity index (χ1v) is 8.76. The van der Waals surface area contributed by atoms with Gasteiger partial charge >= 0.3 is 0 Å². The Bertz CT molecular complexity index is 661. The van der Waals surface area contributed by atoms with Crippen LogP contribution in [0.5, 0.6) is 0 Å². The number of anilines is 1. The van der Waals surface area contributed by atoms with Gasteiger partial charge in [-0.15, -0.1) is 0 Å². The van der Waals surface area contributed by atoms with Gasteiger partial charge in [-0.05, 0) is 37.1 Å². The molecule has 0 bridgehead atoms. The molecule has 0 radical (unpaired) electrons. The lowest BCUT2D eigenvalue weighted by Crippen LogP contribution is -2.19. The number of aliphatic hydroxyl groups excluding tert-OH is 1. The fourth-order valence-electron chi connectivity index (χ4n) is 2.21. The number of benzene rings is 1. The topological polar surface area (TPSA) is 62.2 Å². The van der Waals surface area contributed by atoms with Gasteiger partial charge in [-0.1, -0.05) is 29.8 Å². The highest BCUT2D eigenvalue weighted by Crippen LogP contribution is 2.19. The lowest BCUT2D eigenvalue weighted by Gasteiger charge is -2.13. The molecule has 5 heteroatoms. The fourth-order valence-corrected chi connectivity index (χ4v) is 2.90. The molecule has 0 fully saturated rings. The molecule has 4 nitrogen and oxygen atoms in total. The maximum atomic E-state index is 12.4. The van der Waals surface area contributed by atoms with E-state index >= 15 is 0 Å². The molecular weight excluding hydrogens is 308 g/mol. The first-order valence-electron chi connectivity index (χ1n) is 7.61. The summed E-state index contributed by atoms with van der Waals surface area (Å²) in [7, 11) is 0. The number of thioether (sulfide) groups is 1. The Balaban J connectivity index is 2.00. The van der Waals surface area contributed by atoms with Crippen molar-refractivity contribution in [2.75, 3.05) is 17.7 Å². The highest BCUT2D eigenvalue weighted by Gasteiger charge is 2.16. The van der Waals surface area contributed by atoms with E-state index in [0.29, 0.717) is 11.6 Å². The van der Waals surface area contributed by atoms with Gasteiger partial charge < -0.3 is 10.4 Å². The van der Waals surface area contributed by atoms with Crippen molar-refractivity contribution in [1.29, 1.82) is 0 Å². The number of pyridine rings is 1. The zero-order valence-electron chi connectivity index (χ0n) is 13.5. The van der Waals surface area contributed by atoms with Crippen molar-refractivity contribution in [2.45, 2.75) is 25.5 Å². The van der Waals surface area contributed by atoms with Gasteiger partial charge in [0, 0.05) is 17.7 Å². The second-order valence-electron chi connectivity index (χ2n) is 5.45. The van der Waals surface area contributed by atoms with Crippen LogP contribution in [-0.2, 0) is 10.5 Å². The van der Waals surface area contributed by atoms with Crippen molar-refractivity contribution in [3.05, 3.63) is 59.3 Å². The van der Waals surface area contributed by atoms with Crippen molar-refractivity contribution in [1.82, 2.24) is 4.98 Å². The molecule has 23 heavy (non-hydrogen) atoms. The van der Waals surface area contributed by atoms with E-state index in [1.807, 2.05) is 50.2 Å². The van der Waals surface area contributed by atoms with E-state index in [9.17, 15) is 4.79 Å². The summed E-state index contributed by atoms with van der Waals surface area (Å²) in [6, 6.07) is 11.8. The normalized spacial score (nSPS) is 12.0. The van der Waals surface area contributed by atoms with Crippen LogP contribution in [0.3, 0.4) is 0 Å². The molecule has 0 aliphatic carbocycles. The van der Waals surface area contributed by atoms with E-state index in [4.69, 9.17) is 5.11 Å². The Hall–Kier alpha value is -1.85. The lowest BCUT2D eigenvalue weighted by molar-refractivity contribution is -0.117. The fraction of sp³-hybridized carbons (Fsp3) is 0.333. The van der Waals surface area contributed by atoms with Crippen molar-refractivity contribution in [2.24, 2.45) is 0 Å². The highest BCUT2D eigenvalue weighted by atomic mass is 32.2. The molecule has 1 aromatic heterocycles.